The molecule has 9 heteroatoms. The Bertz CT molecular complexity index is 994. The summed E-state index contributed by atoms with van der Waals surface area (Å²) in [5, 5.41) is 9.91. The van der Waals surface area contributed by atoms with E-state index in [1.54, 1.807) is 35.8 Å². The summed E-state index contributed by atoms with van der Waals surface area (Å²) in [5.74, 6) is -1.17. The van der Waals surface area contributed by atoms with E-state index >= 15 is 0 Å². The van der Waals surface area contributed by atoms with Crippen LogP contribution in [0.5, 0.6) is 0 Å². The average molecular weight is 415 g/mol. The molecule has 2 heterocycles. The second-order valence-electron chi connectivity index (χ2n) is 5.60. The molecule has 3 amide bonds. The maximum absolute atomic E-state index is 12.3. The van der Waals surface area contributed by atoms with E-state index < -0.39 is 5.91 Å². The number of hydrogen-bond acceptors (Lipinski definition) is 5. The standard InChI is InChI=1S/C19H15ClN4O3S/c20-14-6-5-12(9-15(14)24-19(27)16-4-2-8-28-16)18(26)22-11-17(25)23-13-3-1-7-21-10-13/h1-10H,11H2,(H,22,26)(H,23,25)(H,24,27). The van der Waals surface area contributed by atoms with Gasteiger partial charge >= 0.3 is 0 Å². The van der Waals surface area contributed by atoms with Crippen molar-refractivity contribution in [3.05, 3.63) is 75.7 Å². The molecule has 0 saturated heterocycles. The van der Waals surface area contributed by atoms with Gasteiger partial charge in [0.25, 0.3) is 11.8 Å². The molecule has 7 nitrogen and oxygen atoms in total. The van der Waals surface area contributed by atoms with E-state index in [0.29, 0.717) is 21.3 Å². The summed E-state index contributed by atoms with van der Waals surface area (Å²) in [4.78, 5) is 40.8. The van der Waals surface area contributed by atoms with Crippen LogP contribution in [-0.4, -0.2) is 29.3 Å². The molecule has 142 valence electrons. The van der Waals surface area contributed by atoms with Crippen molar-refractivity contribution in [3.63, 3.8) is 0 Å². The van der Waals surface area contributed by atoms with Gasteiger partial charge in [-0.3, -0.25) is 19.4 Å². The number of hydrogen-bond donors (Lipinski definition) is 3. The lowest BCUT2D eigenvalue weighted by Crippen LogP contribution is -2.32. The third kappa shape index (κ3) is 5.15. The monoisotopic (exact) mass is 414 g/mol. The third-order valence-electron chi connectivity index (χ3n) is 3.58. The maximum atomic E-state index is 12.3. The first-order valence-electron chi connectivity index (χ1n) is 8.15. The number of benzene rings is 1. The second-order valence-corrected chi connectivity index (χ2v) is 6.95. The van der Waals surface area contributed by atoms with Crippen LogP contribution in [0.1, 0.15) is 20.0 Å². The highest BCUT2D eigenvalue weighted by atomic mass is 35.5. The Hall–Kier alpha value is -3.23. The number of nitrogens with one attached hydrogen (secondary N) is 3. The van der Waals surface area contributed by atoms with E-state index in [9.17, 15) is 14.4 Å². The summed E-state index contributed by atoms with van der Waals surface area (Å²) in [6, 6.07) is 11.3. The molecule has 0 aliphatic carbocycles. The number of amides is 3. The molecule has 28 heavy (non-hydrogen) atoms. The SMILES string of the molecule is O=C(CNC(=O)c1ccc(Cl)c(NC(=O)c2cccs2)c1)Nc1cccnc1. The molecule has 0 saturated carbocycles. The fourth-order valence-electron chi connectivity index (χ4n) is 2.26. The molecule has 3 rings (SSSR count). The van der Waals surface area contributed by atoms with Gasteiger partial charge in [-0.1, -0.05) is 17.7 Å². The molecule has 0 spiro atoms. The van der Waals surface area contributed by atoms with Crippen molar-refractivity contribution in [1.82, 2.24) is 10.3 Å². The highest BCUT2D eigenvalue weighted by molar-refractivity contribution is 7.12. The minimum Gasteiger partial charge on any atom is -0.343 e. The summed E-state index contributed by atoms with van der Waals surface area (Å²) in [6.45, 7) is -0.215. The van der Waals surface area contributed by atoms with Crippen LogP contribution in [0.3, 0.4) is 0 Å². The van der Waals surface area contributed by atoms with E-state index in [1.807, 2.05) is 0 Å². The molecular weight excluding hydrogens is 400 g/mol. The number of pyridine rings is 1. The van der Waals surface area contributed by atoms with Crippen LogP contribution >= 0.6 is 22.9 Å². The third-order valence-corrected chi connectivity index (χ3v) is 4.77. The summed E-state index contributed by atoms with van der Waals surface area (Å²) in [6.07, 6.45) is 3.09. The molecule has 3 N–H and O–H groups in total. The molecule has 3 aromatic rings. The Balaban J connectivity index is 1.60. The quantitative estimate of drug-likeness (QED) is 0.575. The van der Waals surface area contributed by atoms with Crippen LogP contribution in [0.25, 0.3) is 0 Å². The molecule has 0 fully saturated rings. The normalized spacial score (nSPS) is 10.2. The molecule has 0 aliphatic rings. The predicted molar refractivity (Wildman–Crippen MR) is 109 cm³/mol. The molecule has 0 bridgehead atoms. The summed E-state index contributed by atoms with van der Waals surface area (Å²) in [7, 11) is 0. The number of aromatic nitrogens is 1. The van der Waals surface area contributed by atoms with Crippen molar-refractivity contribution in [2.24, 2.45) is 0 Å². The highest BCUT2D eigenvalue weighted by Gasteiger charge is 2.13. The first-order chi connectivity index (χ1) is 13.5. The number of nitrogens with zero attached hydrogens (tertiary/aromatic N) is 1. The lowest BCUT2D eigenvalue weighted by atomic mass is 10.2. The second kappa shape index (κ2) is 9.12. The van der Waals surface area contributed by atoms with Gasteiger partial charge < -0.3 is 16.0 Å². The van der Waals surface area contributed by atoms with E-state index in [-0.39, 0.29) is 23.9 Å². The van der Waals surface area contributed by atoms with Gasteiger partial charge in [0.1, 0.15) is 0 Å². The molecule has 0 atom stereocenters. The van der Waals surface area contributed by atoms with Crippen molar-refractivity contribution < 1.29 is 14.4 Å². The van der Waals surface area contributed by atoms with Gasteiger partial charge in [-0.05, 0) is 41.8 Å². The van der Waals surface area contributed by atoms with E-state index in [0.717, 1.165) is 0 Å². The lowest BCUT2D eigenvalue weighted by molar-refractivity contribution is -0.115. The summed E-state index contributed by atoms with van der Waals surface area (Å²) >= 11 is 7.41. The van der Waals surface area contributed by atoms with Gasteiger partial charge in [-0.2, -0.15) is 0 Å². The fourth-order valence-corrected chi connectivity index (χ4v) is 3.04. The Kier molecular flexibility index (Phi) is 6.36. The summed E-state index contributed by atoms with van der Waals surface area (Å²) in [5.41, 5.74) is 1.11. The van der Waals surface area contributed by atoms with E-state index in [4.69, 9.17) is 11.6 Å². The number of carbonyl (C=O) groups excluding carboxylic acids is 3. The van der Waals surface area contributed by atoms with Crippen LogP contribution < -0.4 is 16.0 Å². The van der Waals surface area contributed by atoms with Gasteiger partial charge in [0.2, 0.25) is 5.91 Å². The van der Waals surface area contributed by atoms with Gasteiger partial charge in [0.05, 0.1) is 34.0 Å². The van der Waals surface area contributed by atoms with Crippen LogP contribution in [-0.2, 0) is 4.79 Å². The van der Waals surface area contributed by atoms with Gasteiger partial charge in [0.15, 0.2) is 0 Å². The fraction of sp³-hybridized carbons (Fsp3) is 0.0526. The van der Waals surface area contributed by atoms with E-state index in [2.05, 4.69) is 20.9 Å². The Morgan fingerprint density at radius 3 is 2.61 bits per heavy atom. The lowest BCUT2D eigenvalue weighted by Gasteiger charge is -2.10. The van der Waals surface area contributed by atoms with Crippen molar-refractivity contribution >= 4 is 52.0 Å². The van der Waals surface area contributed by atoms with Gasteiger partial charge in [-0.25, -0.2) is 0 Å². The van der Waals surface area contributed by atoms with Crippen molar-refractivity contribution in [2.75, 3.05) is 17.2 Å². The molecule has 0 unspecified atom stereocenters. The Labute approximate surface area is 169 Å². The molecule has 1 aromatic carbocycles. The first-order valence-corrected chi connectivity index (χ1v) is 9.41. The summed E-state index contributed by atoms with van der Waals surface area (Å²) < 4.78 is 0. The zero-order chi connectivity index (χ0) is 19.9. The zero-order valence-corrected chi connectivity index (χ0v) is 16.0. The first kappa shape index (κ1) is 19.5. The van der Waals surface area contributed by atoms with Crippen LogP contribution in [0, 0.1) is 0 Å². The minimum atomic E-state index is -0.468. The van der Waals surface area contributed by atoms with Crippen molar-refractivity contribution in [2.45, 2.75) is 0 Å². The van der Waals surface area contributed by atoms with Crippen LogP contribution in [0.4, 0.5) is 11.4 Å². The van der Waals surface area contributed by atoms with E-state index in [1.165, 1.54) is 35.7 Å². The molecule has 0 radical (unpaired) electrons. The minimum absolute atomic E-state index is 0.215. The zero-order valence-electron chi connectivity index (χ0n) is 14.4. The average Bonchev–Trinajstić information content (AvgIpc) is 3.23. The number of halogens is 1. The smallest absolute Gasteiger partial charge is 0.265 e. The number of anilines is 2. The number of rotatable bonds is 6. The van der Waals surface area contributed by atoms with Crippen LogP contribution in [0.15, 0.2) is 60.2 Å². The number of carbonyl (C=O) groups is 3. The van der Waals surface area contributed by atoms with Crippen LogP contribution in [0.2, 0.25) is 5.02 Å². The number of thiophene rings is 1. The molecule has 2 aromatic heterocycles. The van der Waals surface area contributed by atoms with Gasteiger partial charge in [-0.15, -0.1) is 11.3 Å². The van der Waals surface area contributed by atoms with Gasteiger partial charge in [0, 0.05) is 11.8 Å². The Morgan fingerprint density at radius 2 is 1.89 bits per heavy atom. The molecule has 0 aliphatic heterocycles. The maximum Gasteiger partial charge on any atom is 0.265 e. The van der Waals surface area contributed by atoms with Crippen molar-refractivity contribution in [3.8, 4) is 0 Å². The van der Waals surface area contributed by atoms with Crippen molar-refractivity contribution in [1.29, 1.82) is 0 Å². The predicted octanol–water partition coefficient (Wildman–Crippen LogP) is 3.42. The highest BCUT2D eigenvalue weighted by Crippen LogP contribution is 2.24. The molecular formula is C19H15ClN4O3S. The topological polar surface area (TPSA) is 100 Å². The Morgan fingerprint density at radius 1 is 1.04 bits per heavy atom. The largest absolute Gasteiger partial charge is 0.343 e.